The first-order valence-corrected chi connectivity index (χ1v) is 8.13. The van der Waals surface area contributed by atoms with Gasteiger partial charge < -0.3 is 10.2 Å². The van der Waals surface area contributed by atoms with Gasteiger partial charge in [-0.15, -0.1) is 12.4 Å². The van der Waals surface area contributed by atoms with Crippen molar-refractivity contribution in [2.75, 3.05) is 20.1 Å². The average molecular weight is 376 g/mol. The Morgan fingerprint density at radius 2 is 2.10 bits per heavy atom. The van der Waals surface area contributed by atoms with E-state index in [1.165, 1.54) is 12.8 Å². The van der Waals surface area contributed by atoms with Gasteiger partial charge in [-0.05, 0) is 56.0 Å². The lowest BCUT2D eigenvalue weighted by Gasteiger charge is -2.23. The Bertz CT molecular complexity index is 450. The molecule has 1 aromatic rings. The van der Waals surface area contributed by atoms with Crippen molar-refractivity contribution in [3.05, 3.63) is 34.3 Å². The number of amides is 1. The fourth-order valence-electron chi connectivity index (χ4n) is 2.69. The van der Waals surface area contributed by atoms with E-state index in [1.54, 1.807) is 0 Å². The summed E-state index contributed by atoms with van der Waals surface area (Å²) in [7, 11) is 1.89. The molecule has 1 aliphatic heterocycles. The number of rotatable bonds is 5. The SMILES string of the molecule is CN(Cc1cccc(Br)c1)C(=O)CCC1CCNCC1.Cl. The van der Waals surface area contributed by atoms with Crippen LogP contribution in [0.2, 0.25) is 0 Å². The van der Waals surface area contributed by atoms with Crippen LogP contribution in [0.5, 0.6) is 0 Å². The number of hydrogen-bond donors (Lipinski definition) is 1. The van der Waals surface area contributed by atoms with Crippen LogP contribution in [-0.2, 0) is 11.3 Å². The smallest absolute Gasteiger partial charge is 0.222 e. The highest BCUT2D eigenvalue weighted by molar-refractivity contribution is 9.10. The molecule has 1 aromatic carbocycles. The molecular formula is C16H24BrClN2O. The summed E-state index contributed by atoms with van der Waals surface area (Å²) < 4.78 is 1.06. The first-order chi connectivity index (χ1) is 9.65. The minimum absolute atomic E-state index is 0. The van der Waals surface area contributed by atoms with Crippen molar-refractivity contribution in [1.29, 1.82) is 0 Å². The van der Waals surface area contributed by atoms with Crippen molar-refractivity contribution in [1.82, 2.24) is 10.2 Å². The van der Waals surface area contributed by atoms with Crippen LogP contribution in [0.25, 0.3) is 0 Å². The highest BCUT2D eigenvalue weighted by atomic mass is 79.9. The molecule has 118 valence electrons. The quantitative estimate of drug-likeness (QED) is 0.852. The van der Waals surface area contributed by atoms with Gasteiger partial charge >= 0.3 is 0 Å². The molecule has 1 heterocycles. The van der Waals surface area contributed by atoms with E-state index in [-0.39, 0.29) is 18.3 Å². The van der Waals surface area contributed by atoms with Gasteiger partial charge in [0.1, 0.15) is 0 Å². The number of carbonyl (C=O) groups is 1. The number of halogens is 2. The fraction of sp³-hybridized carbons (Fsp3) is 0.562. The van der Waals surface area contributed by atoms with Crippen LogP contribution < -0.4 is 5.32 Å². The normalized spacial score (nSPS) is 15.3. The molecule has 21 heavy (non-hydrogen) atoms. The van der Waals surface area contributed by atoms with Gasteiger partial charge in [0, 0.05) is 24.5 Å². The number of hydrogen-bond acceptors (Lipinski definition) is 2. The molecule has 1 N–H and O–H groups in total. The van der Waals surface area contributed by atoms with E-state index in [0.717, 1.165) is 35.5 Å². The summed E-state index contributed by atoms with van der Waals surface area (Å²) in [4.78, 5) is 14.0. The summed E-state index contributed by atoms with van der Waals surface area (Å²) in [5.41, 5.74) is 1.16. The van der Waals surface area contributed by atoms with Gasteiger partial charge in [-0.2, -0.15) is 0 Å². The molecule has 3 nitrogen and oxygen atoms in total. The zero-order valence-corrected chi connectivity index (χ0v) is 14.9. The minimum atomic E-state index is 0. The average Bonchev–Trinajstić information content (AvgIpc) is 2.46. The number of piperidine rings is 1. The number of benzene rings is 1. The summed E-state index contributed by atoms with van der Waals surface area (Å²) in [6, 6.07) is 8.13. The van der Waals surface area contributed by atoms with Crippen LogP contribution in [0, 0.1) is 5.92 Å². The van der Waals surface area contributed by atoms with Crippen LogP contribution >= 0.6 is 28.3 Å². The van der Waals surface area contributed by atoms with Gasteiger partial charge in [0.05, 0.1) is 0 Å². The second kappa shape index (κ2) is 9.44. The largest absolute Gasteiger partial charge is 0.341 e. The molecule has 0 aliphatic carbocycles. The lowest BCUT2D eigenvalue weighted by molar-refractivity contribution is -0.130. The van der Waals surface area contributed by atoms with Crippen LogP contribution in [0.15, 0.2) is 28.7 Å². The Kier molecular flexibility index (Phi) is 8.30. The van der Waals surface area contributed by atoms with Gasteiger partial charge in [-0.3, -0.25) is 4.79 Å². The van der Waals surface area contributed by atoms with Crippen LogP contribution in [0.4, 0.5) is 0 Å². The van der Waals surface area contributed by atoms with Crippen molar-refractivity contribution in [2.24, 2.45) is 5.92 Å². The first kappa shape index (κ1) is 18.5. The van der Waals surface area contributed by atoms with Gasteiger partial charge in [0.25, 0.3) is 0 Å². The lowest BCUT2D eigenvalue weighted by atomic mass is 9.93. The highest BCUT2D eigenvalue weighted by Crippen LogP contribution is 2.19. The Morgan fingerprint density at radius 1 is 1.38 bits per heavy atom. The summed E-state index contributed by atoms with van der Waals surface area (Å²) in [6.07, 6.45) is 4.13. The first-order valence-electron chi connectivity index (χ1n) is 7.34. The molecule has 0 bridgehead atoms. The maximum absolute atomic E-state index is 12.2. The summed E-state index contributed by atoms with van der Waals surface area (Å²) in [5.74, 6) is 0.975. The lowest BCUT2D eigenvalue weighted by Crippen LogP contribution is -2.30. The number of nitrogens with one attached hydrogen (secondary N) is 1. The second-order valence-corrected chi connectivity index (χ2v) is 6.53. The Hall–Kier alpha value is -0.580. The van der Waals surface area contributed by atoms with E-state index in [9.17, 15) is 4.79 Å². The van der Waals surface area contributed by atoms with E-state index in [4.69, 9.17) is 0 Å². The standard InChI is InChI=1S/C16H23BrN2O.ClH/c1-19(12-14-3-2-4-15(17)11-14)16(20)6-5-13-7-9-18-10-8-13;/h2-4,11,13,18H,5-10,12H2,1H3;1H. The number of carbonyl (C=O) groups excluding carboxylic acids is 1. The van der Waals surface area contributed by atoms with Gasteiger partial charge in [-0.1, -0.05) is 28.1 Å². The fourth-order valence-corrected chi connectivity index (χ4v) is 3.13. The third-order valence-corrected chi connectivity index (χ3v) is 4.45. The Morgan fingerprint density at radius 3 is 2.76 bits per heavy atom. The van der Waals surface area contributed by atoms with Crippen molar-refractivity contribution in [3.63, 3.8) is 0 Å². The second-order valence-electron chi connectivity index (χ2n) is 5.61. The van der Waals surface area contributed by atoms with Crippen molar-refractivity contribution < 1.29 is 4.79 Å². The van der Waals surface area contributed by atoms with Crippen LogP contribution in [0.3, 0.4) is 0 Å². The molecule has 0 spiro atoms. The molecule has 2 rings (SSSR count). The Labute approximate surface area is 142 Å². The van der Waals surface area contributed by atoms with E-state index in [1.807, 2.05) is 24.1 Å². The summed E-state index contributed by atoms with van der Waals surface area (Å²) in [5, 5.41) is 3.36. The molecule has 0 saturated carbocycles. The molecule has 1 saturated heterocycles. The van der Waals surface area contributed by atoms with E-state index >= 15 is 0 Å². The molecular weight excluding hydrogens is 352 g/mol. The number of nitrogens with zero attached hydrogens (tertiary/aromatic N) is 1. The molecule has 0 radical (unpaired) electrons. The topological polar surface area (TPSA) is 32.3 Å². The third kappa shape index (κ3) is 6.37. The molecule has 0 atom stereocenters. The van der Waals surface area contributed by atoms with Crippen LogP contribution in [-0.4, -0.2) is 30.9 Å². The van der Waals surface area contributed by atoms with E-state index in [0.29, 0.717) is 13.0 Å². The molecule has 1 fully saturated rings. The predicted molar refractivity (Wildman–Crippen MR) is 92.7 cm³/mol. The minimum Gasteiger partial charge on any atom is -0.341 e. The predicted octanol–water partition coefficient (Wildman–Crippen LogP) is 3.61. The molecule has 1 aliphatic rings. The van der Waals surface area contributed by atoms with Crippen molar-refractivity contribution in [2.45, 2.75) is 32.2 Å². The molecule has 1 amide bonds. The van der Waals surface area contributed by atoms with Crippen molar-refractivity contribution in [3.8, 4) is 0 Å². The van der Waals surface area contributed by atoms with Crippen LogP contribution in [0.1, 0.15) is 31.2 Å². The zero-order valence-electron chi connectivity index (χ0n) is 12.5. The van der Waals surface area contributed by atoms with Crippen molar-refractivity contribution >= 4 is 34.2 Å². The monoisotopic (exact) mass is 374 g/mol. The summed E-state index contributed by atoms with van der Waals surface area (Å²) >= 11 is 3.46. The zero-order chi connectivity index (χ0) is 14.4. The van der Waals surface area contributed by atoms with E-state index < -0.39 is 0 Å². The van der Waals surface area contributed by atoms with E-state index in [2.05, 4.69) is 33.4 Å². The van der Waals surface area contributed by atoms with Gasteiger partial charge in [-0.25, -0.2) is 0 Å². The third-order valence-electron chi connectivity index (χ3n) is 3.96. The Balaban J connectivity index is 0.00000220. The molecule has 0 unspecified atom stereocenters. The maximum Gasteiger partial charge on any atom is 0.222 e. The van der Waals surface area contributed by atoms with Gasteiger partial charge in [0.2, 0.25) is 5.91 Å². The maximum atomic E-state index is 12.2. The highest BCUT2D eigenvalue weighted by Gasteiger charge is 2.16. The molecule has 0 aromatic heterocycles. The summed E-state index contributed by atoms with van der Waals surface area (Å²) in [6.45, 7) is 2.89. The van der Waals surface area contributed by atoms with Gasteiger partial charge in [0.15, 0.2) is 0 Å². The molecule has 5 heteroatoms.